The van der Waals surface area contributed by atoms with Crippen molar-refractivity contribution in [3.8, 4) is 0 Å². The second-order valence-electron chi connectivity index (χ2n) is 6.57. The molecular weight excluding hydrogens is 260 g/mol. The Morgan fingerprint density at radius 2 is 2.05 bits per heavy atom. The predicted molar refractivity (Wildman–Crippen MR) is 75.1 cm³/mol. The molecule has 1 aliphatic rings. The summed E-state index contributed by atoms with van der Waals surface area (Å²) < 4.78 is 10.8. The average molecular weight is 286 g/mol. The first kappa shape index (κ1) is 16.8. The molecule has 0 aliphatic carbocycles. The van der Waals surface area contributed by atoms with E-state index in [1.807, 2.05) is 20.8 Å². The number of hydrogen-bond donors (Lipinski definition) is 2. The molecule has 1 fully saturated rings. The van der Waals surface area contributed by atoms with Gasteiger partial charge in [0.1, 0.15) is 11.8 Å². The number of carbonyl (C=O) groups is 2. The summed E-state index contributed by atoms with van der Waals surface area (Å²) in [5.41, 5.74) is -0.519. The van der Waals surface area contributed by atoms with Crippen LogP contribution in [0.5, 0.6) is 0 Å². The molecule has 1 heterocycles. The first-order valence-corrected chi connectivity index (χ1v) is 7.06. The fraction of sp³-hybridized carbons (Fsp3) is 0.857. The van der Waals surface area contributed by atoms with E-state index in [-0.39, 0.29) is 18.2 Å². The van der Waals surface area contributed by atoms with Crippen molar-refractivity contribution in [2.75, 3.05) is 6.61 Å². The molecule has 20 heavy (non-hydrogen) atoms. The highest BCUT2D eigenvalue weighted by molar-refractivity contribution is 5.82. The molecule has 1 aliphatic heterocycles. The number of hydrogen-bond acceptors (Lipinski definition) is 4. The molecule has 1 rings (SSSR count). The van der Waals surface area contributed by atoms with E-state index in [0.29, 0.717) is 18.9 Å². The van der Waals surface area contributed by atoms with E-state index >= 15 is 0 Å². The van der Waals surface area contributed by atoms with Crippen molar-refractivity contribution in [1.82, 2.24) is 10.6 Å². The molecule has 2 atom stereocenters. The van der Waals surface area contributed by atoms with Crippen LogP contribution in [0.25, 0.3) is 0 Å². The molecule has 6 heteroatoms. The molecule has 0 bridgehead atoms. The fourth-order valence-electron chi connectivity index (χ4n) is 1.87. The van der Waals surface area contributed by atoms with Crippen LogP contribution in [-0.2, 0) is 14.3 Å². The van der Waals surface area contributed by atoms with Crippen LogP contribution in [-0.4, -0.2) is 36.5 Å². The summed E-state index contributed by atoms with van der Waals surface area (Å²) in [7, 11) is 0. The van der Waals surface area contributed by atoms with Crippen molar-refractivity contribution in [1.29, 1.82) is 0 Å². The Bertz CT molecular complexity index is 342. The number of amides is 2. The first-order chi connectivity index (χ1) is 9.15. The molecule has 0 spiro atoms. The maximum atomic E-state index is 11.8. The maximum Gasteiger partial charge on any atom is 0.407 e. The maximum absolute atomic E-state index is 11.8. The number of ether oxygens (including phenoxy) is 2. The van der Waals surface area contributed by atoms with Crippen LogP contribution in [0.1, 0.15) is 47.5 Å². The zero-order valence-electron chi connectivity index (χ0n) is 13.0. The Labute approximate surface area is 120 Å². The minimum Gasteiger partial charge on any atom is -0.444 e. The van der Waals surface area contributed by atoms with Gasteiger partial charge in [-0.15, -0.1) is 0 Å². The van der Waals surface area contributed by atoms with Gasteiger partial charge in [0.15, 0.2) is 0 Å². The van der Waals surface area contributed by atoms with Gasteiger partial charge < -0.3 is 20.1 Å². The van der Waals surface area contributed by atoms with E-state index < -0.39 is 11.7 Å². The Kier molecular flexibility index (Phi) is 5.80. The van der Waals surface area contributed by atoms with E-state index in [1.54, 1.807) is 0 Å². The van der Waals surface area contributed by atoms with Crippen LogP contribution in [0.3, 0.4) is 0 Å². The molecular formula is C14H26N2O4. The SMILES string of the molecule is CC(C)CC(COC1CC(=O)N1)NC(=O)OC(C)(C)C. The lowest BCUT2D eigenvalue weighted by Crippen LogP contribution is -2.52. The first-order valence-electron chi connectivity index (χ1n) is 7.06. The summed E-state index contributed by atoms with van der Waals surface area (Å²) >= 11 is 0. The summed E-state index contributed by atoms with van der Waals surface area (Å²) in [6, 6.07) is -0.123. The van der Waals surface area contributed by atoms with Gasteiger partial charge >= 0.3 is 6.09 Å². The summed E-state index contributed by atoms with van der Waals surface area (Å²) in [6.45, 7) is 9.99. The van der Waals surface area contributed by atoms with Crippen molar-refractivity contribution in [2.24, 2.45) is 5.92 Å². The summed E-state index contributed by atoms with van der Waals surface area (Å²) in [4.78, 5) is 22.6. The zero-order chi connectivity index (χ0) is 15.3. The van der Waals surface area contributed by atoms with E-state index in [2.05, 4.69) is 24.5 Å². The topological polar surface area (TPSA) is 76.7 Å². The Morgan fingerprint density at radius 3 is 2.50 bits per heavy atom. The zero-order valence-corrected chi connectivity index (χ0v) is 13.0. The second kappa shape index (κ2) is 6.92. The van der Waals surface area contributed by atoms with Crippen molar-refractivity contribution in [3.05, 3.63) is 0 Å². The average Bonchev–Trinajstić information content (AvgIpc) is 2.18. The third kappa shape index (κ3) is 6.75. The molecule has 2 amide bonds. The molecule has 1 saturated heterocycles. The predicted octanol–water partition coefficient (Wildman–Crippen LogP) is 1.79. The van der Waals surface area contributed by atoms with Crippen molar-refractivity contribution < 1.29 is 19.1 Å². The van der Waals surface area contributed by atoms with Crippen LogP contribution in [0, 0.1) is 5.92 Å². The largest absolute Gasteiger partial charge is 0.444 e. The normalized spacial score (nSPS) is 20.1. The van der Waals surface area contributed by atoms with E-state index in [0.717, 1.165) is 6.42 Å². The number of carbonyl (C=O) groups excluding carboxylic acids is 2. The summed E-state index contributed by atoms with van der Waals surface area (Å²) in [5, 5.41) is 5.46. The highest BCUT2D eigenvalue weighted by Crippen LogP contribution is 2.12. The molecule has 2 N–H and O–H groups in total. The lowest BCUT2D eigenvalue weighted by Gasteiger charge is -2.30. The highest BCUT2D eigenvalue weighted by atomic mass is 16.6. The number of rotatable bonds is 6. The van der Waals surface area contributed by atoms with Crippen LogP contribution >= 0.6 is 0 Å². The molecule has 116 valence electrons. The smallest absolute Gasteiger partial charge is 0.407 e. The highest BCUT2D eigenvalue weighted by Gasteiger charge is 2.27. The van der Waals surface area contributed by atoms with Crippen LogP contribution in [0.15, 0.2) is 0 Å². The molecule has 6 nitrogen and oxygen atoms in total. The third-order valence-corrected chi connectivity index (χ3v) is 2.67. The number of alkyl carbamates (subject to hydrolysis) is 1. The van der Waals surface area contributed by atoms with Gasteiger partial charge in [-0.1, -0.05) is 13.8 Å². The molecule has 2 unspecified atom stereocenters. The minimum atomic E-state index is -0.519. The molecule has 0 aromatic rings. The Hall–Kier alpha value is -1.30. The number of β-lactam (4-membered cyclic amide) rings is 1. The van der Waals surface area contributed by atoms with Crippen molar-refractivity contribution >= 4 is 12.0 Å². The number of nitrogens with one attached hydrogen (secondary N) is 2. The summed E-state index contributed by atoms with van der Waals surface area (Å²) in [5.74, 6) is 0.421. The van der Waals surface area contributed by atoms with Gasteiger partial charge in [0, 0.05) is 0 Å². The lowest BCUT2D eigenvalue weighted by molar-refractivity contribution is -0.141. The van der Waals surface area contributed by atoms with Gasteiger partial charge in [0.25, 0.3) is 0 Å². The molecule has 0 saturated carbocycles. The third-order valence-electron chi connectivity index (χ3n) is 2.67. The Balaban J connectivity index is 2.38. The molecule has 0 aromatic heterocycles. The monoisotopic (exact) mass is 286 g/mol. The van der Waals surface area contributed by atoms with Crippen LogP contribution in [0.2, 0.25) is 0 Å². The molecule has 0 radical (unpaired) electrons. The van der Waals surface area contributed by atoms with Gasteiger partial charge in [0.05, 0.1) is 19.1 Å². The summed E-state index contributed by atoms with van der Waals surface area (Å²) in [6.07, 6.45) is 0.516. The van der Waals surface area contributed by atoms with E-state index in [4.69, 9.17) is 9.47 Å². The van der Waals surface area contributed by atoms with E-state index in [1.165, 1.54) is 0 Å². The van der Waals surface area contributed by atoms with Crippen LogP contribution in [0.4, 0.5) is 4.79 Å². The minimum absolute atomic E-state index is 0.00416. The van der Waals surface area contributed by atoms with Crippen molar-refractivity contribution in [3.63, 3.8) is 0 Å². The fourth-order valence-corrected chi connectivity index (χ4v) is 1.87. The van der Waals surface area contributed by atoms with Crippen molar-refractivity contribution in [2.45, 2.75) is 65.3 Å². The quantitative estimate of drug-likeness (QED) is 0.730. The van der Waals surface area contributed by atoms with E-state index in [9.17, 15) is 9.59 Å². The van der Waals surface area contributed by atoms with Gasteiger partial charge in [0.2, 0.25) is 5.91 Å². The van der Waals surface area contributed by atoms with Gasteiger partial charge in [-0.3, -0.25) is 4.79 Å². The van der Waals surface area contributed by atoms with Crippen LogP contribution < -0.4 is 10.6 Å². The second-order valence-corrected chi connectivity index (χ2v) is 6.57. The van der Waals surface area contributed by atoms with Gasteiger partial charge in [-0.25, -0.2) is 4.79 Å². The standard InChI is InChI=1S/C14H26N2O4/c1-9(2)6-10(8-19-12-7-11(17)16-12)15-13(18)20-14(3,4)5/h9-10,12H,6-8H2,1-5H3,(H,15,18)(H,16,17). The molecule has 0 aromatic carbocycles. The van der Waals surface area contributed by atoms with Gasteiger partial charge in [-0.05, 0) is 33.1 Å². The lowest BCUT2D eigenvalue weighted by atomic mass is 10.0. The van der Waals surface area contributed by atoms with Gasteiger partial charge in [-0.2, -0.15) is 0 Å². The Morgan fingerprint density at radius 1 is 1.45 bits per heavy atom.